The molecule has 0 spiro atoms. The van der Waals surface area contributed by atoms with Crippen LogP contribution in [0.4, 0.5) is 5.69 Å². The maximum atomic E-state index is 12.9. The average Bonchev–Trinajstić information content (AvgIpc) is 3.22. The highest BCUT2D eigenvalue weighted by Gasteiger charge is 2.37. The van der Waals surface area contributed by atoms with Crippen LogP contribution in [0, 0.1) is 0 Å². The SMILES string of the molecule is C[C@@H](Nc1ccccc1)[C@@H]1C=CC(=O)N1[C@@H](COC(=O)c1ccccc1)c1ccccc1. The minimum atomic E-state index is -0.406. The Bertz CT molecular complexity index is 1070. The number of nitrogens with one attached hydrogen (secondary N) is 1. The van der Waals surface area contributed by atoms with Gasteiger partial charge in [-0.2, -0.15) is 0 Å². The van der Waals surface area contributed by atoms with Crippen molar-refractivity contribution >= 4 is 17.6 Å². The first-order valence-electron chi connectivity index (χ1n) is 10.7. The van der Waals surface area contributed by atoms with E-state index < -0.39 is 12.0 Å². The molecule has 5 nitrogen and oxygen atoms in total. The topological polar surface area (TPSA) is 58.6 Å². The van der Waals surface area contributed by atoms with E-state index in [1.807, 2.05) is 79.7 Å². The molecule has 0 fully saturated rings. The van der Waals surface area contributed by atoms with Gasteiger partial charge in [0.05, 0.1) is 17.6 Å². The Kier molecular flexibility index (Phi) is 6.66. The zero-order chi connectivity index (χ0) is 22.3. The second-order valence-electron chi connectivity index (χ2n) is 7.79. The predicted molar refractivity (Wildman–Crippen MR) is 125 cm³/mol. The number of hydrogen-bond acceptors (Lipinski definition) is 4. The summed E-state index contributed by atoms with van der Waals surface area (Å²) in [5, 5.41) is 3.48. The first-order valence-corrected chi connectivity index (χ1v) is 10.7. The molecule has 3 atom stereocenters. The van der Waals surface area contributed by atoms with Crippen molar-refractivity contribution < 1.29 is 14.3 Å². The lowest BCUT2D eigenvalue weighted by Gasteiger charge is -2.36. The Balaban J connectivity index is 1.56. The van der Waals surface area contributed by atoms with Gasteiger partial charge in [0.25, 0.3) is 0 Å². The lowest BCUT2D eigenvalue weighted by molar-refractivity contribution is -0.130. The van der Waals surface area contributed by atoms with Crippen LogP contribution in [0.15, 0.2) is 103 Å². The maximum Gasteiger partial charge on any atom is 0.338 e. The number of ether oxygens (including phenoxy) is 1. The molecule has 3 aromatic rings. The molecule has 1 N–H and O–H groups in total. The van der Waals surface area contributed by atoms with E-state index in [0.29, 0.717) is 5.56 Å². The van der Waals surface area contributed by atoms with E-state index in [-0.39, 0.29) is 24.6 Å². The van der Waals surface area contributed by atoms with E-state index >= 15 is 0 Å². The normalized spacial score (nSPS) is 17.1. The molecule has 0 bridgehead atoms. The van der Waals surface area contributed by atoms with Gasteiger partial charge in [-0.3, -0.25) is 4.79 Å². The molecule has 1 aliphatic heterocycles. The zero-order valence-corrected chi connectivity index (χ0v) is 17.9. The minimum Gasteiger partial charge on any atom is -0.460 e. The van der Waals surface area contributed by atoms with Gasteiger partial charge in [0.15, 0.2) is 0 Å². The van der Waals surface area contributed by atoms with Gasteiger partial charge >= 0.3 is 5.97 Å². The summed E-state index contributed by atoms with van der Waals surface area (Å²) in [5.74, 6) is -0.500. The summed E-state index contributed by atoms with van der Waals surface area (Å²) in [5.41, 5.74) is 2.39. The van der Waals surface area contributed by atoms with Gasteiger partial charge in [-0.1, -0.05) is 72.8 Å². The number of para-hydroxylation sites is 1. The zero-order valence-electron chi connectivity index (χ0n) is 17.9. The van der Waals surface area contributed by atoms with Gasteiger partial charge in [-0.25, -0.2) is 4.79 Å². The van der Waals surface area contributed by atoms with E-state index in [9.17, 15) is 9.59 Å². The third kappa shape index (κ3) is 4.89. The van der Waals surface area contributed by atoms with E-state index in [0.717, 1.165) is 11.3 Å². The summed E-state index contributed by atoms with van der Waals surface area (Å²) in [6, 6.07) is 27.8. The molecule has 5 heteroatoms. The maximum absolute atomic E-state index is 12.9. The molecule has 4 rings (SSSR count). The number of carbonyl (C=O) groups excluding carboxylic acids is 2. The van der Waals surface area contributed by atoms with Crippen LogP contribution in [0.25, 0.3) is 0 Å². The summed E-state index contributed by atoms with van der Waals surface area (Å²) >= 11 is 0. The Morgan fingerprint density at radius 2 is 1.53 bits per heavy atom. The number of esters is 1. The van der Waals surface area contributed by atoms with Crippen LogP contribution in [0.3, 0.4) is 0 Å². The van der Waals surface area contributed by atoms with Crippen molar-refractivity contribution in [2.45, 2.75) is 25.0 Å². The molecule has 1 amide bonds. The molecule has 0 unspecified atom stereocenters. The highest BCUT2D eigenvalue weighted by molar-refractivity contribution is 5.91. The quantitative estimate of drug-likeness (QED) is 0.523. The summed E-state index contributed by atoms with van der Waals surface area (Å²) < 4.78 is 5.67. The molecule has 1 aliphatic rings. The van der Waals surface area contributed by atoms with Crippen molar-refractivity contribution in [2.24, 2.45) is 0 Å². The summed E-state index contributed by atoms with van der Waals surface area (Å²) in [6.45, 7) is 2.12. The largest absolute Gasteiger partial charge is 0.460 e. The van der Waals surface area contributed by atoms with Crippen LogP contribution in [-0.4, -0.2) is 35.5 Å². The Hall–Kier alpha value is -3.86. The van der Waals surface area contributed by atoms with Crippen LogP contribution >= 0.6 is 0 Å². The number of carbonyl (C=O) groups is 2. The number of hydrogen-bond donors (Lipinski definition) is 1. The van der Waals surface area contributed by atoms with Crippen LogP contribution < -0.4 is 5.32 Å². The summed E-state index contributed by atoms with van der Waals surface area (Å²) in [4.78, 5) is 27.3. The molecule has 1 heterocycles. The third-order valence-electron chi connectivity index (χ3n) is 5.59. The van der Waals surface area contributed by atoms with Crippen LogP contribution in [-0.2, 0) is 9.53 Å². The fraction of sp³-hybridized carbons (Fsp3) is 0.185. The van der Waals surface area contributed by atoms with E-state index in [4.69, 9.17) is 4.74 Å². The highest BCUT2D eigenvalue weighted by Crippen LogP contribution is 2.30. The van der Waals surface area contributed by atoms with Crippen LogP contribution in [0.5, 0.6) is 0 Å². The van der Waals surface area contributed by atoms with Gasteiger partial charge in [-0.15, -0.1) is 0 Å². The summed E-state index contributed by atoms with van der Waals surface area (Å²) in [6.07, 6.45) is 3.51. The standard InChI is InChI=1S/C27H26N2O3/c1-20(28-23-15-9-4-10-16-23)24-17-18-26(30)29(24)25(21-11-5-2-6-12-21)19-32-27(31)22-13-7-3-8-14-22/h2-18,20,24-25,28H,19H2,1H3/t20-,24+,25+/m1/s1. The lowest BCUT2D eigenvalue weighted by atomic mass is 10.0. The molecule has 0 aliphatic carbocycles. The fourth-order valence-corrected chi connectivity index (χ4v) is 3.98. The number of amides is 1. The van der Waals surface area contributed by atoms with Crippen LogP contribution in [0.1, 0.15) is 28.9 Å². The van der Waals surface area contributed by atoms with Gasteiger partial charge in [0, 0.05) is 17.8 Å². The second-order valence-corrected chi connectivity index (χ2v) is 7.79. The summed E-state index contributed by atoms with van der Waals surface area (Å²) in [7, 11) is 0. The van der Waals surface area contributed by atoms with Gasteiger partial charge < -0.3 is 15.0 Å². The second kappa shape index (κ2) is 9.96. The highest BCUT2D eigenvalue weighted by atomic mass is 16.5. The van der Waals surface area contributed by atoms with Crippen molar-refractivity contribution in [3.05, 3.63) is 114 Å². The van der Waals surface area contributed by atoms with E-state index in [1.54, 1.807) is 35.2 Å². The predicted octanol–water partition coefficient (Wildman–Crippen LogP) is 4.85. The van der Waals surface area contributed by atoms with Gasteiger partial charge in [-0.05, 0) is 36.8 Å². The molecular formula is C27H26N2O3. The molecule has 3 aromatic carbocycles. The minimum absolute atomic E-state index is 0.0452. The molecule has 0 saturated heterocycles. The Morgan fingerprint density at radius 3 is 2.19 bits per heavy atom. The molecule has 0 saturated carbocycles. The van der Waals surface area contributed by atoms with Crippen LogP contribution in [0.2, 0.25) is 0 Å². The number of nitrogens with zero attached hydrogens (tertiary/aromatic N) is 1. The molecule has 32 heavy (non-hydrogen) atoms. The monoisotopic (exact) mass is 426 g/mol. The molecule has 0 aromatic heterocycles. The number of benzene rings is 3. The van der Waals surface area contributed by atoms with Crippen molar-refractivity contribution in [1.82, 2.24) is 4.90 Å². The van der Waals surface area contributed by atoms with Crippen molar-refractivity contribution in [2.75, 3.05) is 11.9 Å². The number of rotatable bonds is 8. The van der Waals surface area contributed by atoms with Crippen molar-refractivity contribution in [3.8, 4) is 0 Å². The third-order valence-corrected chi connectivity index (χ3v) is 5.59. The van der Waals surface area contributed by atoms with Crippen molar-refractivity contribution in [3.63, 3.8) is 0 Å². The van der Waals surface area contributed by atoms with Gasteiger partial charge in [0.2, 0.25) is 5.91 Å². The molecule has 162 valence electrons. The number of anilines is 1. The Labute approximate surface area is 188 Å². The van der Waals surface area contributed by atoms with E-state index in [2.05, 4.69) is 5.32 Å². The Morgan fingerprint density at radius 1 is 0.938 bits per heavy atom. The van der Waals surface area contributed by atoms with E-state index in [1.165, 1.54) is 0 Å². The van der Waals surface area contributed by atoms with Crippen molar-refractivity contribution in [1.29, 1.82) is 0 Å². The fourth-order valence-electron chi connectivity index (χ4n) is 3.98. The first kappa shape index (κ1) is 21.4. The molecular weight excluding hydrogens is 400 g/mol. The lowest BCUT2D eigenvalue weighted by Crippen LogP contribution is -2.47. The average molecular weight is 427 g/mol. The van der Waals surface area contributed by atoms with Gasteiger partial charge in [0.1, 0.15) is 6.61 Å². The first-order chi connectivity index (χ1) is 15.6. The smallest absolute Gasteiger partial charge is 0.338 e. The molecule has 0 radical (unpaired) electrons.